The third kappa shape index (κ3) is 4.62. The Morgan fingerprint density at radius 2 is 1.91 bits per heavy atom. The first-order valence-corrected chi connectivity index (χ1v) is 12.4. The predicted molar refractivity (Wildman–Crippen MR) is 130 cm³/mol. The number of anilines is 2. The molecule has 1 aromatic heterocycles. The van der Waals surface area contributed by atoms with Crippen LogP contribution in [0, 0.1) is 13.8 Å². The molecule has 0 aliphatic carbocycles. The molecule has 0 spiro atoms. The van der Waals surface area contributed by atoms with Gasteiger partial charge in [0, 0.05) is 24.0 Å². The number of pyridine rings is 1. The van der Waals surface area contributed by atoms with Gasteiger partial charge in [-0.2, -0.15) is 0 Å². The maximum absolute atomic E-state index is 13.9. The van der Waals surface area contributed by atoms with Crippen LogP contribution in [0.15, 0.2) is 65.8 Å². The first-order chi connectivity index (χ1) is 16.2. The third-order valence-corrected chi connectivity index (χ3v) is 7.94. The minimum absolute atomic E-state index is 0.0275. The van der Waals surface area contributed by atoms with Gasteiger partial charge in [0.1, 0.15) is 6.04 Å². The average molecular weight is 499 g/mol. The highest BCUT2D eigenvalue weighted by Crippen LogP contribution is 2.38. The summed E-state index contributed by atoms with van der Waals surface area (Å²) >= 11 is 6.18. The number of carbonyl (C=O) groups excluding carboxylic acids is 2. The minimum Gasteiger partial charge on any atom is -0.352 e. The first-order valence-electron chi connectivity index (χ1n) is 10.5. The zero-order valence-corrected chi connectivity index (χ0v) is 20.2. The Bertz CT molecular complexity index is 1360. The SMILES string of the molecule is Cc1cc(S(=O)(=O)N2c3ccccc3NC(=O)C2CC(=O)NCc2cccnc2)c(C)cc1Cl. The molecule has 1 aliphatic rings. The van der Waals surface area contributed by atoms with Crippen LogP contribution in [0.5, 0.6) is 0 Å². The van der Waals surface area contributed by atoms with Gasteiger partial charge in [-0.3, -0.25) is 18.9 Å². The molecule has 34 heavy (non-hydrogen) atoms. The molecule has 4 rings (SSSR count). The van der Waals surface area contributed by atoms with Crippen LogP contribution >= 0.6 is 11.6 Å². The number of rotatable bonds is 6. The number of hydrogen-bond donors (Lipinski definition) is 2. The number of nitrogens with zero attached hydrogens (tertiary/aromatic N) is 2. The van der Waals surface area contributed by atoms with E-state index in [1.54, 1.807) is 68.7 Å². The summed E-state index contributed by atoms with van der Waals surface area (Å²) in [6, 6.07) is 11.9. The molecule has 1 aliphatic heterocycles. The summed E-state index contributed by atoms with van der Waals surface area (Å²) in [5, 5.41) is 5.90. The van der Waals surface area contributed by atoms with E-state index in [1.807, 2.05) is 0 Å². The molecule has 2 N–H and O–H groups in total. The van der Waals surface area contributed by atoms with Crippen molar-refractivity contribution in [3.05, 3.63) is 82.6 Å². The van der Waals surface area contributed by atoms with Crippen molar-refractivity contribution in [2.24, 2.45) is 0 Å². The van der Waals surface area contributed by atoms with Crippen LogP contribution in [-0.2, 0) is 26.2 Å². The predicted octanol–water partition coefficient (Wildman–Crippen LogP) is 3.57. The second kappa shape index (κ2) is 9.44. The average Bonchev–Trinajstić information content (AvgIpc) is 2.81. The summed E-state index contributed by atoms with van der Waals surface area (Å²) in [7, 11) is -4.22. The van der Waals surface area contributed by atoms with E-state index in [1.165, 1.54) is 6.07 Å². The highest BCUT2D eigenvalue weighted by molar-refractivity contribution is 7.93. The molecule has 8 nitrogen and oxygen atoms in total. The lowest BCUT2D eigenvalue weighted by molar-refractivity contribution is -0.125. The Morgan fingerprint density at radius 3 is 2.65 bits per heavy atom. The number of nitrogens with one attached hydrogen (secondary N) is 2. The van der Waals surface area contributed by atoms with Crippen molar-refractivity contribution in [2.75, 3.05) is 9.62 Å². The molecule has 0 radical (unpaired) electrons. The molecular formula is C24H23ClN4O4S. The van der Waals surface area contributed by atoms with Gasteiger partial charge < -0.3 is 10.6 Å². The van der Waals surface area contributed by atoms with E-state index in [4.69, 9.17) is 11.6 Å². The van der Waals surface area contributed by atoms with Crippen LogP contribution in [0.3, 0.4) is 0 Å². The molecule has 2 heterocycles. The van der Waals surface area contributed by atoms with Crippen LogP contribution in [0.4, 0.5) is 11.4 Å². The number of amides is 2. The third-order valence-electron chi connectivity index (χ3n) is 5.57. The van der Waals surface area contributed by atoms with Crippen LogP contribution in [-0.4, -0.2) is 31.3 Å². The summed E-state index contributed by atoms with van der Waals surface area (Å²) in [6.07, 6.45) is 2.88. The summed E-state index contributed by atoms with van der Waals surface area (Å²) in [5.74, 6) is -1.05. The number of fused-ring (bicyclic) bond motifs is 1. The van der Waals surface area contributed by atoms with Crippen LogP contribution < -0.4 is 14.9 Å². The summed E-state index contributed by atoms with van der Waals surface area (Å²) < 4.78 is 28.9. The van der Waals surface area contributed by atoms with E-state index in [2.05, 4.69) is 15.6 Å². The highest BCUT2D eigenvalue weighted by Gasteiger charge is 2.42. The maximum Gasteiger partial charge on any atom is 0.265 e. The molecule has 176 valence electrons. The number of hydrogen-bond acceptors (Lipinski definition) is 5. The lowest BCUT2D eigenvalue weighted by atomic mass is 10.1. The lowest BCUT2D eigenvalue weighted by Crippen LogP contribution is -2.52. The van der Waals surface area contributed by atoms with E-state index in [0.717, 1.165) is 9.87 Å². The van der Waals surface area contributed by atoms with Gasteiger partial charge in [-0.15, -0.1) is 0 Å². The fourth-order valence-corrected chi connectivity index (χ4v) is 5.97. The second-order valence-corrected chi connectivity index (χ2v) is 10.2. The molecule has 0 saturated carbocycles. The van der Waals surface area contributed by atoms with Crippen molar-refractivity contribution < 1.29 is 18.0 Å². The quantitative estimate of drug-likeness (QED) is 0.540. The number of carbonyl (C=O) groups is 2. The topological polar surface area (TPSA) is 108 Å². The molecule has 1 atom stereocenters. The molecular weight excluding hydrogens is 476 g/mol. The standard InChI is InChI=1S/C24H23ClN4O4S/c1-15-11-22(16(2)10-18(15)25)34(32,33)29-20-8-4-3-7-19(20)28-24(31)21(29)12-23(30)27-14-17-6-5-9-26-13-17/h3-11,13,21H,12,14H2,1-2H3,(H,27,30)(H,28,31). The molecule has 3 aromatic rings. The van der Waals surface area contributed by atoms with Crippen molar-refractivity contribution in [3.63, 3.8) is 0 Å². The Morgan fingerprint density at radius 1 is 1.15 bits per heavy atom. The normalized spacial score (nSPS) is 15.4. The first kappa shape index (κ1) is 23.7. The van der Waals surface area contributed by atoms with Crippen LogP contribution in [0.1, 0.15) is 23.1 Å². The lowest BCUT2D eigenvalue weighted by Gasteiger charge is -2.37. The van der Waals surface area contributed by atoms with E-state index < -0.39 is 27.9 Å². The number of benzene rings is 2. The smallest absolute Gasteiger partial charge is 0.265 e. The molecule has 1 unspecified atom stereocenters. The molecule has 0 saturated heterocycles. The molecule has 0 fully saturated rings. The van der Waals surface area contributed by atoms with Crippen molar-refractivity contribution in [1.29, 1.82) is 0 Å². The molecule has 2 aromatic carbocycles. The van der Waals surface area contributed by atoms with Crippen molar-refractivity contribution in [2.45, 2.75) is 37.8 Å². The number of aryl methyl sites for hydroxylation is 2. The Balaban J connectivity index is 1.71. The van der Waals surface area contributed by atoms with Gasteiger partial charge in [-0.25, -0.2) is 8.42 Å². The van der Waals surface area contributed by atoms with Crippen LogP contribution in [0.25, 0.3) is 0 Å². The van der Waals surface area contributed by atoms with E-state index in [9.17, 15) is 18.0 Å². The molecule has 0 bridgehead atoms. The fourth-order valence-electron chi connectivity index (χ4n) is 3.82. The van der Waals surface area contributed by atoms with Gasteiger partial charge in [0.05, 0.1) is 22.7 Å². The minimum atomic E-state index is -4.22. The second-order valence-electron chi connectivity index (χ2n) is 8.03. The monoisotopic (exact) mass is 498 g/mol. The maximum atomic E-state index is 13.9. The van der Waals surface area contributed by atoms with Gasteiger partial charge >= 0.3 is 0 Å². The van der Waals surface area contributed by atoms with Crippen LogP contribution in [0.2, 0.25) is 5.02 Å². The van der Waals surface area contributed by atoms with E-state index in [0.29, 0.717) is 27.5 Å². The van der Waals surface area contributed by atoms with Gasteiger partial charge in [-0.05, 0) is 60.9 Å². The summed E-state index contributed by atoms with van der Waals surface area (Å²) in [5.41, 5.74) is 2.46. The summed E-state index contributed by atoms with van der Waals surface area (Å²) in [4.78, 5) is 29.8. The zero-order chi connectivity index (χ0) is 24.5. The van der Waals surface area contributed by atoms with Gasteiger partial charge in [0.2, 0.25) is 11.8 Å². The van der Waals surface area contributed by atoms with Gasteiger partial charge in [-0.1, -0.05) is 29.8 Å². The zero-order valence-electron chi connectivity index (χ0n) is 18.6. The largest absolute Gasteiger partial charge is 0.352 e. The Kier molecular flexibility index (Phi) is 6.58. The molecule has 2 amide bonds. The Hall–Kier alpha value is -3.43. The van der Waals surface area contributed by atoms with E-state index >= 15 is 0 Å². The van der Waals surface area contributed by atoms with Crippen molar-refractivity contribution in [1.82, 2.24) is 10.3 Å². The number of para-hydroxylation sites is 2. The fraction of sp³-hybridized carbons (Fsp3) is 0.208. The van der Waals surface area contributed by atoms with Gasteiger partial charge in [0.15, 0.2) is 0 Å². The van der Waals surface area contributed by atoms with Gasteiger partial charge in [0.25, 0.3) is 10.0 Å². The number of sulfonamides is 1. The Labute approximate surface area is 203 Å². The number of halogens is 1. The van der Waals surface area contributed by atoms with Crippen molar-refractivity contribution in [3.8, 4) is 0 Å². The van der Waals surface area contributed by atoms with E-state index in [-0.39, 0.29) is 17.9 Å². The summed E-state index contributed by atoms with van der Waals surface area (Å²) in [6.45, 7) is 3.56. The highest BCUT2D eigenvalue weighted by atomic mass is 35.5. The number of aromatic nitrogens is 1. The van der Waals surface area contributed by atoms with Crippen molar-refractivity contribution >= 4 is 44.8 Å². The molecule has 10 heteroatoms.